The lowest BCUT2D eigenvalue weighted by Gasteiger charge is -2.32. The first kappa shape index (κ1) is 56.8. The molecular formula is C45H67NO15Si. The minimum atomic E-state index is -2.51. The second-order valence-corrected chi connectivity index (χ2v) is 17.9. The fraction of sp³-hybridized carbons (Fsp3) is 0.533. The van der Waals surface area contributed by atoms with Crippen molar-refractivity contribution in [1.82, 2.24) is 4.90 Å². The molecule has 0 aromatic rings. The van der Waals surface area contributed by atoms with E-state index < -0.39 is 55.2 Å². The number of rotatable bonds is 38. The van der Waals surface area contributed by atoms with E-state index in [9.17, 15) is 33.6 Å². The first-order valence-electron chi connectivity index (χ1n) is 20.4. The molecule has 0 spiro atoms. The van der Waals surface area contributed by atoms with Crippen molar-refractivity contribution in [2.75, 3.05) is 72.5 Å². The van der Waals surface area contributed by atoms with Gasteiger partial charge in [-0.3, -0.25) is 14.4 Å². The van der Waals surface area contributed by atoms with Gasteiger partial charge in [-0.25, -0.2) is 19.2 Å². The monoisotopic (exact) mass is 889 g/mol. The molecule has 0 radical (unpaired) electrons. The van der Waals surface area contributed by atoms with Crippen molar-refractivity contribution in [2.45, 2.75) is 71.4 Å². The van der Waals surface area contributed by atoms with Crippen molar-refractivity contribution >= 4 is 50.2 Å². The number of hydrogen-bond donors (Lipinski definition) is 0. The normalized spacial score (nSPS) is 11.3. The maximum absolute atomic E-state index is 13.4. The van der Waals surface area contributed by atoms with Crippen LogP contribution in [0.4, 0.5) is 0 Å². The van der Waals surface area contributed by atoms with Crippen LogP contribution >= 0.6 is 0 Å². The lowest BCUT2D eigenvalue weighted by Crippen LogP contribution is -2.41. The molecule has 0 atom stereocenters. The Bertz CT molecular complexity index is 1350. The molecule has 0 aliphatic heterocycles. The highest BCUT2D eigenvalue weighted by Crippen LogP contribution is 2.30. The van der Waals surface area contributed by atoms with Crippen LogP contribution in [0.25, 0.3) is 0 Å². The summed E-state index contributed by atoms with van der Waals surface area (Å²) in [6.45, 7) is 30.3. The van der Waals surface area contributed by atoms with Gasteiger partial charge in [-0.15, -0.1) is 0 Å². The van der Waals surface area contributed by atoms with Crippen LogP contribution in [0.2, 0.25) is 12.6 Å². The summed E-state index contributed by atoms with van der Waals surface area (Å²) in [5.74, 6) is -4.58. The third-order valence-electron chi connectivity index (χ3n) is 9.49. The number of ketones is 1. The van der Waals surface area contributed by atoms with E-state index in [0.29, 0.717) is 44.2 Å². The number of nitrogens with zero attached hydrogens (tertiary/aromatic N) is 1. The number of carbonyl (C=O) groups is 7. The summed E-state index contributed by atoms with van der Waals surface area (Å²) in [6.07, 6.45) is 7.45. The summed E-state index contributed by atoms with van der Waals surface area (Å²) >= 11 is 0. The quantitative estimate of drug-likeness (QED) is 0.0243. The van der Waals surface area contributed by atoms with Crippen LogP contribution in [-0.2, 0) is 70.8 Å². The first-order valence-corrected chi connectivity index (χ1v) is 22.9. The zero-order chi connectivity index (χ0) is 47.0. The van der Waals surface area contributed by atoms with E-state index in [4.69, 9.17) is 37.3 Å². The maximum Gasteiger partial charge on any atom is 0.334 e. The van der Waals surface area contributed by atoms with Crippen LogP contribution in [0.15, 0.2) is 88.1 Å². The topological polar surface area (TPSA) is 197 Å². The van der Waals surface area contributed by atoms with Crippen molar-refractivity contribution < 1.29 is 70.8 Å². The highest BCUT2D eigenvalue weighted by Gasteiger charge is 2.37. The van der Waals surface area contributed by atoms with E-state index in [2.05, 4.69) is 46.1 Å². The highest BCUT2D eigenvalue weighted by molar-refractivity contribution is 6.66. The van der Waals surface area contributed by atoms with Crippen LogP contribution < -0.4 is 0 Å². The van der Waals surface area contributed by atoms with Crippen molar-refractivity contribution in [1.29, 1.82) is 0 Å². The zero-order valence-corrected chi connectivity index (χ0v) is 37.9. The molecule has 16 nitrogen and oxygen atoms in total. The molecule has 0 amide bonds. The van der Waals surface area contributed by atoms with Gasteiger partial charge in [0.05, 0.1) is 23.7 Å². The molecule has 0 aromatic heterocycles. The Morgan fingerprint density at radius 2 is 0.887 bits per heavy atom. The highest BCUT2D eigenvalue weighted by atomic mass is 28.4. The third kappa shape index (κ3) is 24.9. The molecule has 0 saturated carbocycles. The summed E-state index contributed by atoms with van der Waals surface area (Å²) in [7, 11) is -2.51. The van der Waals surface area contributed by atoms with Crippen molar-refractivity contribution in [3.63, 3.8) is 0 Å². The molecule has 0 aromatic carbocycles. The Hall–Kier alpha value is -5.23. The van der Waals surface area contributed by atoms with E-state index in [1.807, 2.05) is 25.3 Å². The molecule has 0 heterocycles. The van der Waals surface area contributed by atoms with Gasteiger partial charge < -0.3 is 42.2 Å². The molecule has 346 valence electrons. The third-order valence-corrected chi connectivity index (χ3v) is 12.6. The van der Waals surface area contributed by atoms with Gasteiger partial charge in [-0.1, -0.05) is 57.7 Å². The Balaban J connectivity index is 6.27. The molecule has 0 fully saturated rings. The number of hydrogen-bond acceptors (Lipinski definition) is 16. The molecule has 17 heteroatoms. The maximum atomic E-state index is 13.4. The smallest absolute Gasteiger partial charge is 0.334 e. The van der Waals surface area contributed by atoms with E-state index in [0.717, 1.165) is 30.4 Å². The SMILES string of the molecule is C=CC(=C)CCC(COC(=O)C=C)(COC(=O)C=C)COC(=O)CCN(CCC[Si](C)(OCC)OCC)CCC(=O)OCC(CCC(=O)C=C)(COC(=O)C=C)COC(=O)C=C. The van der Waals surface area contributed by atoms with Gasteiger partial charge >= 0.3 is 44.4 Å². The Kier molecular flexibility index (Phi) is 28.9. The Morgan fingerprint density at radius 3 is 1.23 bits per heavy atom. The molecule has 0 unspecified atom stereocenters. The number of ether oxygens (including phenoxy) is 6. The van der Waals surface area contributed by atoms with Gasteiger partial charge in [0.15, 0.2) is 5.78 Å². The minimum absolute atomic E-state index is 0.00814. The van der Waals surface area contributed by atoms with E-state index in [1.54, 1.807) is 6.08 Å². The molecule has 0 N–H and O–H groups in total. The van der Waals surface area contributed by atoms with Gasteiger partial charge in [0, 0.05) is 57.0 Å². The van der Waals surface area contributed by atoms with Gasteiger partial charge in [0.2, 0.25) is 0 Å². The predicted molar refractivity (Wildman–Crippen MR) is 234 cm³/mol. The average Bonchev–Trinajstić information content (AvgIpc) is 3.27. The second-order valence-electron chi connectivity index (χ2n) is 14.5. The van der Waals surface area contributed by atoms with E-state index >= 15 is 0 Å². The van der Waals surface area contributed by atoms with Crippen molar-refractivity contribution in [3.05, 3.63) is 88.1 Å². The Morgan fingerprint density at radius 1 is 0.516 bits per heavy atom. The van der Waals surface area contributed by atoms with Crippen LogP contribution in [0.3, 0.4) is 0 Å². The first-order chi connectivity index (χ1) is 29.4. The van der Waals surface area contributed by atoms with Crippen LogP contribution in [0, 0.1) is 10.8 Å². The summed E-state index contributed by atoms with van der Waals surface area (Å²) < 4.78 is 44.6. The summed E-state index contributed by atoms with van der Waals surface area (Å²) in [5.41, 5.74) is -1.79. The molecule has 0 aliphatic carbocycles. The van der Waals surface area contributed by atoms with Gasteiger partial charge in [-0.05, 0) is 64.7 Å². The average molecular weight is 890 g/mol. The molecule has 62 heavy (non-hydrogen) atoms. The predicted octanol–water partition coefficient (Wildman–Crippen LogP) is 5.64. The second kappa shape index (κ2) is 31.6. The van der Waals surface area contributed by atoms with Crippen LogP contribution in [0.1, 0.15) is 58.8 Å². The van der Waals surface area contributed by atoms with Crippen LogP contribution in [-0.4, -0.2) is 128 Å². The van der Waals surface area contributed by atoms with E-state index in [1.165, 1.54) is 0 Å². The standard InChI is InChI=1S/C45H67NO15Si/c1-11-36(9)20-24-44(30-54-38(48)13-3,31-55-39(49)14-4)34-58-42(52)22-27-46(26-19-29-62(10,60-17-7)61-18-8)28-23-43(53)59-35-45(25-21-37(47)12-2,32-56-40(50)15-5)33-57-41(51)16-6/h11-16H,1-6,9,17-35H2,7-8,10H3. The molecule has 0 saturated heterocycles. The summed E-state index contributed by atoms with van der Waals surface area (Å²) in [5, 5.41) is 0. The molecular weight excluding hydrogens is 823 g/mol. The van der Waals surface area contributed by atoms with Crippen LogP contribution in [0.5, 0.6) is 0 Å². The number of allylic oxidation sites excluding steroid dienone is 3. The van der Waals surface area contributed by atoms with Crippen molar-refractivity contribution in [2.24, 2.45) is 10.8 Å². The molecule has 0 rings (SSSR count). The molecule has 0 aliphatic rings. The number of carbonyl (C=O) groups excluding carboxylic acids is 7. The molecule has 0 bridgehead atoms. The van der Waals surface area contributed by atoms with E-state index in [-0.39, 0.29) is 90.6 Å². The summed E-state index contributed by atoms with van der Waals surface area (Å²) in [6, 6.07) is 0.629. The lowest BCUT2D eigenvalue weighted by molar-refractivity contribution is -0.161. The lowest BCUT2D eigenvalue weighted by atomic mass is 9.84. The zero-order valence-electron chi connectivity index (χ0n) is 36.9. The minimum Gasteiger partial charge on any atom is -0.465 e. The van der Waals surface area contributed by atoms with Gasteiger partial charge in [0.25, 0.3) is 0 Å². The van der Waals surface area contributed by atoms with Crippen molar-refractivity contribution in [3.8, 4) is 0 Å². The van der Waals surface area contributed by atoms with Gasteiger partial charge in [0.1, 0.15) is 39.6 Å². The Labute approximate surface area is 367 Å². The fourth-order valence-electron chi connectivity index (χ4n) is 5.70. The largest absolute Gasteiger partial charge is 0.465 e. The fourth-order valence-corrected chi connectivity index (χ4v) is 8.09. The van der Waals surface area contributed by atoms with Gasteiger partial charge in [-0.2, -0.15) is 0 Å². The summed E-state index contributed by atoms with van der Waals surface area (Å²) in [4.78, 5) is 89.0. The number of esters is 6.